The molecule has 1 aliphatic rings. The molecule has 1 aliphatic heterocycles. The van der Waals surface area contributed by atoms with Crippen molar-refractivity contribution < 1.29 is 27.1 Å². The van der Waals surface area contributed by atoms with Gasteiger partial charge in [0.1, 0.15) is 6.61 Å². The molecule has 0 aliphatic carbocycles. The van der Waals surface area contributed by atoms with Crippen molar-refractivity contribution in [2.75, 3.05) is 19.4 Å². The predicted octanol–water partition coefficient (Wildman–Crippen LogP) is 6.38. The second-order valence-corrected chi connectivity index (χ2v) is 13.7. The molecular formula is C33H32N2O7S2. The molecular weight excluding hydrogens is 601 g/mol. The van der Waals surface area contributed by atoms with E-state index >= 15 is 0 Å². The minimum absolute atomic E-state index is 0.0591. The van der Waals surface area contributed by atoms with Gasteiger partial charge in [-0.25, -0.2) is 4.79 Å². The minimum Gasteiger partial charge on any atom is -0.445 e. The van der Waals surface area contributed by atoms with Gasteiger partial charge >= 0.3 is 6.09 Å². The molecule has 44 heavy (non-hydrogen) atoms. The molecule has 1 heterocycles. The van der Waals surface area contributed by atoms with Crippen molar-refractivity contribution in [1.29, 1.82) is 0 Å². The third kappa shape index (κ3) is 7.29. The van der Waals surface area contributed by atoms with E-state index in [1.165, 1.54) is 29.2 Å². The number of likely N-dealkylation sites (tertiary alicyclic amines) is 1. The fourth-order valence-corrected chi connectivity index (χ4v) is 7.73. The molecule has 0 N–H and O–H groups in total. The average molecular weight is 633 g/mol. The van der Waals surface area contributed by atoms with Crippen LogP contribution in [0.1, 0.15) is 28.7 Å². The number of nitro groups is 1. The first-order valence-electron chi connectivity index (χ1n) is 14.0. The summed E-state index contributed by atoms with van der Waals surface area (Å²) in [6.45, 7) is 0.0140. The first-order chi connectivity index (χ1) is 21.2. The number of hydrogen-bond donors (Lipinski definition) is 0. The molecule has 1 fully saturated rings. The van der Waals surface area contributed by atoms with E-state index in [0.29, 0.717) is 18.5 Å². The number of nitro benzene ring substituents is 1. The number of hydrogen-bond acceptors (Lipinski definition) is 8. The number of non-ortho nitro benzene ring substituents is 1. The highest BCUT2D eigenvalue weighted by Gasteiger charge is 2.45. The standard InChI is InChI=1S/C33H32N2O7S2/c1-44(39,40)42-24-30-21-31(22-34(30)32(36)41-23-25-17-19-29(20-18-25)35(37)38)43-33(26-11-5-2-6-12-26,27-13-7-3-8-14-27)28-15-9-4-10-16-28/h2-20,30-31H,21-24H2,1H3. The van der Waals surface area contributed by atoms with E-state index in [2.05, 4.69) is 36.4 Å². The van der Waals surface area contributed by atoms with Crippen LogP contribution in [0.25, 0.3) is 0 Å². The first-order valence-corrected chi connectivity index (χ1v) is 16.7. The normalized spacial score (nSPS) is 16.9. The van der Waals surface area contributed by atoms with E-state index < -0.39 is 31.9 Å². The molecule has 4 aromatic carbocycles. The van der Waals surface area contributed by atoms with Crippen LogP contribution >= 0.6 is 11.8 Å². The van der Waals surface area contributed by atoms with Gasteiger partial charge in [0.2, 0.25) is 0 Å². The predicted molar refractivity (Wildman–Crippen MR) is 170 cm³/mol. The smallest absolute Gasteiger partial charge is 0.410 e. The van der Waals surface area contributed by atoms with Crippen LogP contribution in [0.2, 0.25) is 0 Å². The Balaban J connectivity index is 1.45. The maximum Gasteiger partial charge on any atom is 0.410 e. The molecule has 5 rings (SSSR count). The monoisotopic (exact) mass is 632 g/mol. The molecule has 0 radical (unpaired) electrons. The van der Waals surface area contributed by atoms with Crippen LogP contribution < -0.4 is 0 Å². The summed E-state index contributed by atoms with van der Waals surface area (Å²) in [5, 5.41) is 10.9. The number of carbonyl (C=O) groups is 1. The lowest BCUT2D eigenvalue weighted by Crippen LogP contribution is -2.39. The Morgan fingerprint density at radius 1 is 0.886 bits per heavy atom. The second kappa shape index (κ2) is 13.6. The maximum atomic E-state index is 13.4. The SMILES string of the molecule is CS(=O)(=O)OCC1CC(SC(c2ccccc2)(c2ccccc2)c2ccccc2)CN1C(=O)OCc1ccc([N+](=O)[O-])cc1. The Hall–Kier alpha value is -4.19. The van der Waals surface area contributed by atoms with Gasteiger partial charge in [0.15, 0.2) is 0 Å². The lowest BCUT2D eigenvalue weighted by atomic mass is 9.84. The largest absolute Gasteiger partial charge is 0.445 e. The molecule has 2 unspecified atom stereocenters. The van der Waals surface area contributed by atoms with Crippen LogP contribution in [0.15, 0.2) is 115 Å². The van der Waals surface area contributed by atoms with E-state index in [4.69, 9.17) is 8.92 Å². The number of rotatable bonds is 11. The fourth-order valence-electron chi connectivity index (χ4n) is 5.46. The quantitative estimate of drug-likeness (QED) is 0.0810. The molecule has 0 bridgehead atoms. The van der Waals surface area contributed by atoms with Crippen LogP contribution in [0, 0.1) is 10.1 Å². The van der Waals surface area contributed by atoms with E-state index in [0.717, 1.165) is 22.9 Å². The molecule has 0 saturated carbocycles. The van der Waals surface area contributed by atoms with Gasteiger partial charge in [-0.2, -0.15) is 8.42 Å². The number of ether oxygens (including phenoxy) is 1. The van der Waals surface area contributed by atoms with Crippen LogP contribution in [-0.2, 0) is 30.4 Å². The molecule has 1 amide bonds. The molecule has 11 heteroatoms. The maximum absolute atomic E-state index is 13.4. The van der Waals surface area contributed by atoms with Gasteiger partial charge < -0.3 is 9.64 Å². The summed E-state index contributed by atoms with van der Waals surface area (Å²) in [6, 6.07) is 35.8. The first kappa shape index (κ1) is 31.2. The van der Waals surface area contributed by atoms with Crippen molar-refractivity contribution in [2.24, 2.45) is 0 Å². The minimum atomic E-state index is -3.75. The summed E-state index contributed by atoms with van der Waals surface area (Å²) in [4.78, 5) is 25.4. The molecule has 2 atom stereocenters. The Bertz CT molecular complexity index is 1570. The average Bonchev–Trinajstić information content (AvgIpc) is 3.45. The molecule has 4 aromatic rings. The Labute approximate surface area is 261 Å². The van der Waals surface area contributed by atoms with E-state index in [1.807, 2.05) is 54.6 Å². The van der Waals surface area contributed by atoms with Gasteiger partial charge in [0, 0.05) is 23.9 Å². The van der Waals surface area contributed by atoms with Gasteiger partial charge in [-0.15, -0.1) is 11.8 Å². The summed E-state index contributed by atoms with van der Waals surface area (Å²) >= 11 is 1.72. The summed E-state index contributed by atoms with van der Waals surface area (Å²) in [5.74, 6) is 0. The molecule has 1 saturated heterocycles. The van der Waals surface area contributed by atoms with Crippen molar-refractivity contribution >= 4 is 33.7 Å². The number of carbonyl (C=O) groups excluding carboxylic acids is 1. The van der Waals surface area contributed by atoms with Crippen molar-refractivity contribution in [3.8, 4) is 0 Å². The second-order valence-electron chi connectivity index (χ2n) is 10.5. The Morgan fingerprint density at radius 3 is 1.84 bits per heavy atom. The van der Waals surface area contributed by atoms with Crippen LogP contribution in [0.3, 0.4) is 0 Å². The molecule has 228 valence electrons. The van der Waals surface area contributed by atoms with Gasteiger partial charge in [-0.05, 0) is 40.8 Å². The molecule has 9 nitrogen and oxygen atoms in total. The zero-order chi connectivity index (χ0) is 31.2. The topological polar surface area (TPSA) is 116 Å². The number of benzene rings is 4. The fraction of sp³-hybridized carbons (Fsp3) is 0.242. The Morgan fingerprint density at radius 2 is 1.39 bits per heavy atom. The Kier molecular flexibility index (Phi) is 9.68. The van der Waals surface area contributed by atoms with Gasteiger partial charge in [0.25, 0.3) is 15.8 Å². The summed E-state index contributed by atoms with van der Waals surface area (Å²) in [7, 11) is -3.75. The summed E-state index contributed by atoms with van der Waals surface area (Å²) < 4.78 is 34.0. The van der Waals surface area contributed by atoms with Crippen molar-refractivity contribution in [2.45, 2.75) is 29.1 Å². The summed E-state index contributed by atoms with van der Waals surface area (Å²) in [5.41, 5.74) is 3.76. The highest BCUT2D eigenvalue weighted by atomic mass is 32.2. The third-order valence-electron chi connectivity index (χ3n) is 7.48. The zero-order valence-electron chi connectivity index (χ0n) is 24.0. The lowest BCUT2D eigenvalue weighted by Gasteiger charge is -2.37. The van der Waals surface area contributed by atoms with E-state index in [-0.39, 0.29) is 24.2 Å². The van der Waals surface area contributed by atoms with Crippen LogP contribution in [0.4, 0.5) is 10.5 Å². The lowest BCUT2D eigenvalue weighted by molar-refractivity contribution is -0.384. The third-order valence-corrected chi connectivity index (χ3v) is 9.78. The number of amides is 1. The van der Waals surface area contributed by atoms with Crippen LogP contribution in [0.5, 0.6) is 0 Å². The van der Waals surface area contributed by atoms with E-state index in [9.17, 15) is 23.3 Å². The van der Waals surface area contributed by atoms with E-state index in [1.54, 1.807) is 11.8 Å². The molecule has 0 spiro atoms. The number of nitrogens with zero attached hydrogens (tertiary/aromatic N) is 2. The van der Waals surface area contributed by atoms with Gasteiger partial charge in [-0.3, -0.25) is 14.3 Å². The van der Waals surface area contributed by atoms with Gasteiger partial charge in [0.05, 0.1) is 28.6 Å². The van der Waals surface area contributed by atoms with Crippen molar-refractivity contribution in [3.63, 3.8) is 0 Å². The van der Waals surface area contributed by atoms with Gasteiger partial charge in [-0.1, -0.05) is 91.0 Å². The van der Waals surface area contributed by atoms with Crippen molar-refractivity contribution in [3.05, 3.63) is 148 Å². The van der Waals surface area contributed by atoms with Crippen LogP contribution in [-0.4, -0.2) is 55.0 Å². The number of thioether (sulfide) groups is 1. The highest BCUT2D eigenvalue weighted by molar-refractivity contribution is 8.01. The summed E-state index contributed by atoms with van der Waals surface area (Å²) in [6.07, 6.45) is 0.843. The highest BCUT2D eigenvalue weighted by Crippen LogP contribution is 2.52. The van der Waals surface area contributed by atoms with Crippen molar-refractivity contribution in [1.82, 2.24) is 4.90 Å². The zero-order valence-corrected chi connectivity index (χ0v) is 25.7. The molecule has 0 aromatic heterocycles.